The molecule has 1 saturated carbocycles. The molecular formula is C10H18ClNO. The van der Waals surface area contributed by atoms with Gasteiger partial charge in [-0.25, -0.2) is 0 Å². The van der Waals surface area contributed by atoms with Gasteiger partial charge in [0.1, 0.15) is 0 Å². The van der Waals surface area contributed by atoms with Crippen molar-refractivity contribution in [1.82, 2.24) is 5.32 Å². The molecule has 1 aliphatic rings. The number of aliphatic hydroxyl groups is 1. The Labute approximate surface area is 85.0 Å². The van der Waals surface area contributed by atoms with Gasteiger partial charge >= 0.3 is 0 Å². The normalized spacial score (nSPS) is 29.7. The first-order valence-corrected chi connectivity index (χ1v) is 5.40. The molecular weight excluding hydrogens is 186 g/mol. The summed E-state index contributed by atoms with van der Waals surface area (Å²) in [5.74, 6) is 0.743. The summed E-state index contributed by atoms with van der Waals surface area (Å²) >= 11 is 5.39. The summed E-state index contributed by atoms with van der Waals surface area (Å²) in [5, 5.41) is 12.6. The van der Waals surface area contributed by atoms with E-state index in [9.17, 15) is 5.11 Å². The Morgan fingerprint density at radius 3 is 2.62 bits per heavy atom. The highest BCUT2D eigenvalue weighted by Crippen LogP contribution is 2.23. The van der Waals surface area contributed by atoms with E-state index in [0.717, 1.165) is 44.7 Å². The second-order valence-electron chi connectivity index (χ2n) is 3.69. The summed E-state index contributed by atoms with van der Waals surface area (Å²) in [5.41, 5.74) is 1.54. The molecule has 0 unspecified atom stereocenters. The fourth-order valence-electron chi connectivity index (χ4n) is 1.76. The highest BCUT2D eigenvalue weighted by molar-refractivity contribution is 6.25. The molecule has 3 heteroatoms. The van der Waals surface area contributed by atoms with Crippen LogP contribution in [0.15, 0.2) is 11.6 Å². The van der Waals surface area contributed by atoms with Crippen LogP contribution in [-0.4, -0.2) is 24.3 Å². The van der Waals surface area contributed by atoms with E-state index in [-0.39, 0.29) is 6.10 Å². The summed E-state index contributed by atoms with van der Waals surface area (Å²) in [6.45, 7) is 1.90. The second kappa shape index (κ2) is 6.41. The molecule has 0 amide bonds. The molecule has 0 aromatic heterocycles. The summed E-state index contributed by atoms with van der Waals surface area (Å²) in [7, 11) is 0. The monoisotopic (exact) mass is 203 g/mol. The number of halogens is 1. The maximum Gasteiger partial charge on any atom is 0.0540 e. The second-order valence-corrected chi connectivity index (χ2v) is 3.95. The topological polar surface area (TPSA) is 32.3 Å². The van der Waals surface area contributed by atoms with Crippen LogP contribution in [0.2, 0.25) is 0 Å². The first kappa shape index (κ1) is 11.0. The zero-order chi connectivity index (χ0) is 9.52. The zero-order valence-corrected chi connectivity index (χ0v) is 8.63. The zero-order valence-electron chi connectivity index (χ0n) is 7.88. The van der Waals surface area contributed by atoms with E-state index in [1.165, 1.54) is 5.54 Å². The fraction of sp³-hybridized carbons (Fsp3) is 0.800. The molecule has 0 spiro atoms. The van der Waals surface area contributed by atoms with E-state index < -0.39 is 0 Å². The van der Waals surface area contributed by atoms with Gasteiger partial charge in [0.05, 0.1) is 6.10 Å². The Bertz CT molecular complexity index is 153. The van der Waals surface area contributed by atoms with Crippen molar-refractivity contribution in [2.24, 2.45) is 5.92 Å². The Kier molecular flexibility index (Phi) is 5.44. The van der Waals surface area contributed by atoms with Gasteiger partial charge in [-0.05, 0) is 38.1 Å². The molecule has 0 bridgehead atoms. The lowest BCUT2D eigenvalue weighted by Gasteiger charge is -2.25. The molecule has 13 heavy (non-hydrogen) atoms. The van der Waals surface area contributed by atoms with Crippen LogP contribution in [0.4, 0.5) is 0 Å². The van der Waals surface area contributed by atoms with Gasteiger partial charge in [0, 0.05) is 12.1 Å². The molecule has 0 heterocycles. The molecule has 0 aromatic carbocycles. The van der Waals surface area contributed by atoms with E-state index in [4.69, 9.17) is 11.6 Å². The number of hydrogen-bond donors (Lipinski definition) is 2. The molecule has 0 atom stereocenters. The Morgan fingerprint density at radius 2 is 2.00 bits per heavy atom. The molecule has 2 nitrogen and oxygen atoms in total. The summed E-state index contributed by atoms with van der Waals surface area (Å²) in [4.78, 5) is 0. The largest absolute Gasteiger partial charge is 0.393 e. The first-order valence-electron chi connectivity index (χ1n) is 4.97. The van der Waals surface area contributed by atoms with Gasteiger partial charge in [0.25, 0.3) is 0 Å². The minimum Gasteiger partial charge on any atom is -0.393 e. The van der Waals surface area contributed by atoms with Gasteiger partial charge in [-0.1, -0.05) is 17.7 Å². The van der Waals surface area contributed by atoms with Gasteiger partial charge in [0.2, 0.25) is 0 Å². The van der Waals surface area contributed by atoms with E-state index in [2.05, 4.69) is 5.32 Å². The third kappa shape index (κ3) is 4.65. The van der Waals surface area contributed by atoms with Crippen molar-refractivity contribution >= 4 is 11.6 Å². The number of hydrogen-bond acceptors (Lipinski definition) is 2. The van der Waals surface area contributed by atoms with Crippen LogP contribution in [0.5, 0.6) is 0 Å². The SMILES string of the molecule is OC1CCC(CNC/C=C/Cl)CC1. The summed E-state index contributed by atoms with van der Waals surface area (Å²) < 4.78 is 0. The minimum absolute atomic E-state index is 0.0426. The predicted molar refractivity (Wildman–Crippen MR) is 55.8 cm³/mol. The predicted octanol–water partition coefficient (Wildman–Crippen LogP) is 1.88. The lowest BCUT2D eigenvalue weighted by molar-refractivity contribution is 0.108. The molecule has 1 rings (SSSR count). The highest BCUT2D eigenvalue weighted by atomic mass is 35.5. The van der Waals surface area contributed by atoms with Crippen LogP contribution >= 0.6 is 11.6 Å². The number of aliphatic hydroxyl groups excluding tert-OH is 1. The number of rotatable bonds is 4. The third-order valence-corrected chi connectivity index (χ3v) is 2.78. The van der Waals surface area contributed by atoms with Crippen LogP contribution in [0.3, 0.4) is 0 Å². The van der Waals surface area contributed by atoms with E-state index in [0.29, 0.717) is 0 Å². The van der Waals surface area contributed by atoms with E-state index in [1.54, 1.807) is 0 Å². The Morgan fingerprint density at radius 1 is 1.31 bits per heavy atom. The Balaban J connectivity index is 2.02. The molecule has 76 valence electrons. The first-order chi connectivity index (χ1) is 6.33. The molecule has 1 aliphatic carbocycles. The fourth-order valence-corrected chi connectivity index (χ4v) is 1.85. The lowest BCUT2D eigenvalue weighted by Crippen LogP contribution is -2.27. The van der Waals surface area contributed by atoms with Crippen LogP contribution in [-0.2, 0) is 0 Å². The van der Waals surface area contributed by atoms with Crippen LogP contribution in [0.25, 0.3) is 0 Å². The average molecular weight is 204 g/mol. The molecule has 0 radical (unpaired) electrons. The van der Waals surface area contributed by atoms with Gasteiger partial charge in [0.15, 0.2) is 0 Å². The smallest absolute Gasteiger partial charge is 0.0540 e. The van der Waals surface area contributed by atoms with Crippen molar-refractivity contribution in [3.05, 3.63) is 11.6 Å². The molecule has 0 aliphatic heterocycles. The van der Waals surface area contributed by atoms with E-state index >= 15 is 0 Å². The minimum atomic E-state index is -0.0426. The van der Waals surface area contributed by atoms with Gasteiger partial charge in [-0.3, -0.25) is 0 Å². The maximum atomic E-state index is 9.29. The molecule has 1 fully saturated rings. The van der Waals surface area contributed by atoms with Crippen LogP contribution < -0.4 is 5.32 Å². The van der Waals surface area contributed by atoms with Crippen molar-refractivity contribution in [1.29, 1.82) is 0 Å². The van der Waals surface area contributed by atoms with Crippen molar-refractivity contribution in [3.63, 3.8) is 0 Å². The molecule has 0 saturated heterocycles. The van der Waals surface area contributed by atoms with Crippen molar-refractivity contribution in [2.45, 2.75) is 31.8 Å². The lowest BCUT2D eigenvalue weighted by atomic mass is 9.87. The van der Waals surface area contributed by atoms with Crippen LogP contribution in [0.1, 0.15) is 25.7 Å². The number of nitrogens with one attached hydrogen (secondary N) is 1. The summed E-state index contributed by atoms with van der Waals surface area (Å²) in [6, 6.07) is 0. The van der Waals surface area contributed by atoms with Crippen molar-refractivity contribution in [3.8, 4) is 0 Å². The van der Waals surface area contributed by atoms with Crippen molar-refractivity contribution < 1.29 is 5.11 Å². The highest BCUT2D eigenvalue weighted by Gasteiger charge is 2.18. The third-order valence-electron chi connectivity index (χ3n) is 2.60. The standard InChI is InChI=1S/C10H18ClNO/c11-6-1-7-12-8-9-2-4-10(13)5-3-9/h1,6,9-10,12-13H,2-5,7-8H2/b6-1+. The Hall–Kier alpha value is -0.0500. The van der Waals surface area contributed by atoms with Gasteiger partial charge in [-0.2, -0.15) is 0 Å². The van der Waals surface area contributed by atoms with E-state index in [1.807, 2.05) is 6.08 Å². The average Bonchev–Trinajstić information content (AvgIpc) is 2.15. The molecule has 0 aromatic rings. The van der Waals surface area contributed by atoms with Gasteiger partial charge < -0.3 is 10.4 Å². The van der Waals surface area contributed by atoms with Crippen LogP contribution in [0, 0.1) is 5.92 Å². The maximum absolute atomic E-state index is 9.29. The molecule has 2 N–H and O–H groups in total. The quantitative estimate of drug-likeness (QED) is 0.684. The van der Waals surface area contributed by atoms with Gasteiger partial charge in [-0.15, -0.1) is 0 Å². The summed E-state index contributed by atoms with van der Waals surface area (Å²) in [6.07, 6.45) is 6.10. The van der Waals surface area contributed by atoms with Crippen molar-refractivity contribution in [2.75, 3.05) is 13.1 Å².